The Hall–Kier alpha value is -2.44. The number of amides is 1. The molecule has 0 saturated carbocycles. The number of aromatic hydroxyl groups is 1. The predicted molar refractivity (Wildman–Crippen MR) is 99.4 cm³/mol. The lowest BCUT2D eigenvalue weighted by molar-refractivity contribution is -0.119. The highest BCUT2D eigenvalue weighted by atomic mass is 35.5. The SMILES string of the molecule is CCOc1cc(C(=O)OCC(=O)Nc2ccc(C)c(Cl)c2)cc(Cl)c1O. The molecule has 8 heteroatoms. The summed E-state index contributed by atoms with van der Waals surface area (Å²) in [7, 11) is 0. The number of nitrogens with one attached hydrogen (secondary N) is 1. The van der Waals surface area contributed by atoms with Crippen molar-refractivity contribution in [3.8, 4) is 11.5 Å². The lowest BCUT2D eigenvalue weighted by Gasteiger charge is -2.10. The Labute approximate surface area is 160 Å². The summed E-state index contributed by atoms with van der Waals surface area (Å²) in [5, 5.41) is 12.8. The minimum Gasteiger partial charge on any atom is -0.503 e. The molecule has 0 aromatic heterocycles. The van der Waals surface area contributed by atoms with Gasteiger partial charge in [0.1, 0.15) is 0 Å². The molecule has 0 aliphatic carbocycles. The average molecular weight is 398 g/mol. The van der Waals surface area contributed by atoms with Gasteiger partial charge in [0.25, 0.3) is 5.91 Å². The van der Waals surface area contributed by atoms with Crippen molar-refractivity contribution >= 4 is 40.8 Å². The van der Waals surface area contributed by atoms with E-state index in [0.29, 0.717) is 10.7 Å². The molecule has 2 aromatic rings. The van der Waals surface area contributed by atoms with Crippen LogP contribution in [-0.2, 0) is 9.53 Å². The van der Waals surface area contributed by atoms with Gasteiger partial charge in [-0.1, -0.05) is 29.3 Å². The summed E-state index contributed by atoms with van der Waals surface area (Å²) in [5.41, 5.74) is 1.43. The minimum atomic E-state index is -0.773. The molecule has 0 aliphatic rings. The van der Waals surface area contributed by atoms with E-state index in [0.717, 1.165) is 5.56 Å². The van der Waals surface area contributed by atoms with Crippen molar-refractivity contribution in [2.45, 2.75) is 13.8 Å². The van der Waals surface area contributed by atoms with Crippen LogP contribution in [0.2, 0.25) is 10.0 Å². The second kappa shape index (κ2) is 8.78. The molecule has 0 spiro atoms. The Morgan fingerprint density at radius 2 is 1.88 bits per heavy atom. The van der Waals surface area contributed by atoms with Crippen LogP contribution in [0.1, 0.15) is 22.8 Å². The van der Waals surface area contributed by atoms with Gasteiger partial charge in [-0.3, -0.25) is 4.79 Å². The molecule has 0 heterocycles. The van der Waals surface area contributed by atoms with Crippen molar-refractivity contribution < 1.29 is 24.2 Å². The van der Waals surface area contributed by atoms with Crippen LogP contribution >= 0.6 is 23.2 Å². The molecule has 6 nitrogen and oxygen atoms in total. The minimum absolute atomic E-state index is 0.0540. The van der Waals surface area contributed by atoms with Crippen LogP contribution in [0.5, 0.6) is 11.5 Å². The summed E-state index contributed by atoms with van der Waals surface area (Å²) >= 11 is 11.9. The first-order valence-corrected chi connectivity index (χ1v) is 8.45. The van der Waals surface area contributed by atoms with Gasteiger partial charge in [0.2, 0.25) is 0 Å². The maximum absolute atomic E-state index is 12.1. The van der Waals surface area contributed by atoms with E-state index in [1.54, 1.807) is 25.1 Å². The van der Waals surface area contributed by atoms with E-state index >= 15 is 0 Å². The molecule has 138 valence electrons. The number of ether oxygens (including phenoxy) is 2. The number of phenolic OH excluding ortho intramolecular Hbond substituents is 1. The number of hydrogen-bond acceptors (Lipinski definition) is 5. The first-order chi connectivity index (χ1) is 12.3. The van der Waals surface area contributed by atoms with Gasteiger partial charge in [0, 0.05) is 10.7 Å². The third-order valence-corrected chi connectivity index (χ3v) is 4.05. The molecular formula is C18H17Cl2NO5. The fraction of sp³-hybridized carbons (Fsp3) is 0.222. The van der Waals surface area contributed by atoms with Gasteiger partial charge in [-0.25, -0.2) is 4.79 Å². The number of esters is 1. The van der Waals surface area contributed by atoms with Crippen molar-refractivity contribution in [2.75, 3.05) is 18.5 Å². The molecule has 0 aliphatic heterocycles. The second-order valence-electron chi connectivity index (χ2n) is 5.33. The quantitative estimate of drug-likeness (QED) is 0.713. The molecule has 2 N–H and O–H groups in total. The normalized spacial score (nSPS) is 10.3. The van der Waals surface area contributed by atoms with E-state index in [2.05, 4.69) is 5.32 Å². The van der Waals surface area contributed by atoms with Crippen LogP contribution in [0.25, 0.3) is 0 Å². The van der Waals surface area contributed by atoms with Crippen LogP contribution in [0.4, 0.5) is 5.69 Å². The number of hydrogen-bond donors (Lipinski definition) is 2. The van der Waals surface area contributed by atoms with E-state index in [1.807, 2.05) is 6.92 Å². The number of anilines is 1. The van der Waals surface area contributed by atoms with Crippen LogP contribution in [0.15, 0.2) is 30.3 Å². The van der Waals surface area contributed by atoms with E-state index in [9.17, 15) is 14.7 Å². The van der Waals surface area contributed by atoms with Crippen LogP contribution < -0.4 is 10.1 Å². The smallest absolute Gasteiger partial charge is 0.338 e. The van der Waals surface area contributed by atoms with E-state index in [4.69, 9.17) is 32.7 Å². The molecule has 1 amide bonds. The number of phenols is 1. The molecule has 0 bridgehead atoms. The van der Waals surface area contributed by atoms with Gasteiger partial charge < -0.3 is 19.9 Å². The summed E-state index contributed by atoms with van der Waals surface area (Å²) in [6.07, 6.45) is 0. The fourth-order valence-corrected chi connectivity index (χ4v) is 2.43. The zero-order chi connectivity index (χ0) is 19.3. The van der Waals surface area contributed by atoms with Crippen molar-refractivity contribution in [1.29, 1.82) is 0 Å². The summed E-state index contributed by atoms with van der Waals surface area (Å²) in [6.45, 7) is 3.35. The molecule has 0 radical (unpaired) electrons. The van der Waals surface area contributed by atoms with Crippen molar-refractivity contribution in [2.24, 2.45) is 0 Å². The highest BCUT2D eigenvalue weighted by molar-refractivity contribution is 6.32. The monoisotopic (exact) mass is 397 g/mol. The van der Waals surface area contributed by atoms with Crippen LogP contribution in [0, 0.1) is 6.92 Å². The van der Waals surface area contributed by atoms with Gasteiger partial charge in [0.05, 0.1) is 17.2 Å². The number of aryl methyl sites for hydroxylation is 1. The van der Waals surface area contributed by atoms with Gasteiger partial charge >= 0.3 is 5.97 Å². The lowest BCUT2D eigenvalue weighted by Crippen LogP contribution is -2.21. The highest BCUT2D eigenvalue weighted by Gasteiger charge is 2.16. The fourth-order valence-electron chi connectivity index (χ4n) is 2.04. The van der Waals surface area contributed by atoms with Gasteiger partial charge in [-0.05, 0) is 43.7 Å². The summed E-state index contributed by atoms with van der Waals surface area (Å²) in [6, 6.07) is 7.58. The predicted octanol–water partition coefficient (Wildman–Crippen LogP) is 4.20. The lowest BCUT2D eigenvalue weighted by atomic mass is 10.2. The topological polar surface area (TPSA) is 84.9 Å². The van der Waals surface area contributed by atoms with E-state index in [-0.39, 0.29) is 28.7 Å². The Morgan fingerprint density at radius 1 is 1.15 bits per heavy atom. The Morgan fingerprint density at radius 3 is 2.54 bits per heavy atom. The van der Waals surface area contributed by atoms with Gasteiger partial charge in [0.15, 0.2) is 18.1 Å². The van der Waals surface area contributed by atoms with E-state index < -0.39 is 18.5 Å². The molecular weight excluding hydrogens is 381 g/mol. The number of halogens is 2. The number of rotatable bonds is 6. The van der Waals surface area contributed by atoms with Crippen molar-refractivity contribution in [3.63, 3.8) is 0 Å². The summed E-state index contributed by atoms with van der Waals surface area (Å²) < 4.78 is 10.2. The van der Waals surface area contributed by atoms with E-state index in [1.165, 1.54) is 12.1 Å². The second-order valence-corrected chi connectivity index (χ2v) is 6.14. The molecule has 2 aromatic carbocycles. The summed E-state index contributed by atoms with van der Waals surface area (Å²) in [4.78, 5) is 24.0. The Kier molecular flexibility index (Phi) is 6.71. The number of carbonyl (C=O) groups is 2. The van der Waals surface area contributed by atoms with Gasteiger partial charge in [-0.2, -0.15) is 0 Å². The average Bonchev–Trinajstić information content (AvgIpc) is 2.60. The third-order valence-electron chi connectivity index (χ3n) is 3.35. The third kappa shape index (κ3) is 5.03. The molecule has 0 saturated heterocycles. The zero-order valence-corrected chi connectivity index (χ0v) is 15.6. The zero-order valence-electron chi connectivity index (χ0n) is 14.1. The highest BCUT2D eigenvalue weighted by Crippen LogP contribution is 2.35. The number of carbonyl (C=O) groups excluding carboxylic acids is 2. The molecule has 0 atom stereocenters. The maximum atomic E-state index is 12.1. The Balaban J connectivity index is 1.99. The largest absolute Gasteiger partial charge is 0.503 e. The van der Waals surface area contributed by atoms with Crippen LogP contribution in [0.3, 0.4) is 0 Å². The molecule has 2 rings (SSSR count). The first kappa shape index (κ1) is 19.9. The van der Waals surface area contributed by atoms with Crippen molar-refractivity contribution in [3.05, 3.63) is 51.5 Å². The summed E-state index contributed by atoms with van der Waals surface area (Å²) in [5.74, 6) is -1.50. The maximum Gasteiger partial charge on any atom is 0.338 e. The molecule has 26 heavy (non-hydrogen) atoms. The Bertz CT molecular complexity index is 839. The molecule has 0 unspecified atom stereocenters. The van der Waals surface area contributed by atoms with Crippen molar-refractivity contribution in [1.82, 2.24) is 0 Å². The standard InChI is InChI=1S/C18H17Cl2NO5/c1-3-25-15-7-11(6-14(20)17(15)23)18(24)26-9-16(22)21-12-5-4-10(2)13(19)8-12/h4-8,23H,3,9H2,1-2H3,(H,21,22). The number of benzene rings is 2. The molecule has 0 fully saturated rings. The van der Waals surface area contributed by atoms with Gasteiger partial charge in [-0.15, -0.1) is 0 Å². The first-order valence-electron chi connectivity index (χ1n) is 7.70. The van der Waals surface area contributed by atoms with Crippen LogP contribution in [-0.4, -0.2) is 30.2 Å².